The predicted octanol–water partition coefficient (Wildman–Crippen LogP) is 4.40. The molecule has 2 nitrogen and oxygen atoms in total. The first-order valence-electron chi connectivity index (χ1n) is 6.38. The second-order valence-electron chi connectivity index (χ2n) is 4.94. The van der Waals surface area contributed by atoms with Gasteiger partial charge in [-0.1, -0.05) is 34.8 Å². The number of benzene rings is 1. The monoisotopic (exact) mass is 296 g/mol. The zero-order valence-electron chi connectivity index (χ0n) is 9.88. The molecule has 2 aliphatic rings. The standard InChI is InChI=1S/C14H17BrO2/c15-10-11-5-6-12-13(9-11)17-14(16-12)7-3-1-2-4-8-14/h5-6,9H,1-4,7-8,10H2. The summed E-state index contributed by atoms with van der Waals surface area (Å²) in [5, 5.41) is 0.858. The molecule has 92 valence electrons. The minimum atomic E-state index is -0.357. The fourth-order valence-corrected chi connectivity index (χ4v) is 3.04. The lowest BCUT2D eigenvalue weighted by molar-refractivity contribution is -0.0900. The van der Waals surface area contributed by atoms with Gasteiger partial charge in [0.05, 0.1) is 0 Å². The van der Waals surface area contributed by atoms with E-state index in [0.717, 1.165) is 29.7 Å². The SMILES string of the molecule is BrCc1ccc2c(c1)OC1(CCCCCC1)O2. The third-order valence-corrected chi connectivity index (χ3v) is 4.27. The summed E-state index contributed by atoms with van der Waals surface area (Å²) in [5.74, 6) is 1.48. The van der Waals surface area contributed by atoms with Crippen LogP contribution in [0.4, 0.5) is 0 Å². The molecule has 0 saturated heterocycles. The quantitative estimate of drug-likeness (QED) is 0.715. The Morgan fingerprint density at radius 1 is 1.00 bits per heavy atom. The van der Waals surface area contributed by atoms with E-state index in [4.69, 9.17) is 9.47 Å². The van der Waals surface area contributed by atoms with Crippen LogP contribution in [0.1, 0.15) is 44.1 Å². The number of rotatable bonds is 1. The Balaban J connectivity index is 1.85. The molecule has 1 spiro atoms. The van der Waals surface area contributed by atoms with Crippen molar-refractivity contribution in [3.63, 3.8) is 0 Å². The van der Waals surface area contributed by atoms with E-state index in [0.29, 0.717) is 0 Å². The molecule has 1 fully saturated rings. The summed E-state index contributed by atoms with van der Waals surface area (Å²) < 4.78 is 12.2. The Morgan fingerprint density at radius 3 is 2.41 bits per heavy atom. The third-order valence-electron chi connectivity index (χ3n) is 3.62. The third kappa shape index (κ3) is 2.17. The summed E-state index contributed by atoms with van der Waals surface area (Å²) in [6.07, 6.45) is 7.06. The van der Waals surface area contributed by atoms with Crippen molar-refractivity contribution >= 4 is 15.9 Å². The second kappa shape index (κ2) is 4.52. The molecule has 0 radical (unpaired) electrons. The number of hydrogen-bond acceptors (Lipinski definition) is 2. The number of hydrogen-bond donors (Lipinski definition) is 0. The molecule has 1 heterocycles. The lowest BCUT2D eigenvalue weighted by Gasteiger charge is -2.25. The Hall–Kier alpha value is -0.700. The minimum Gasteiger partial charge on any atom is -0.448 e. The maximum atomic E-state index is 6.11. The molecule has 3 heteroatoms. The van der Waals surface area contributed by atoms with Crippen molar-refractivity contribution in [3.8, 4) is 11.5 Å². The first kappa shape index (κ1) is 11.4. The number of ether oxygens (including phenoxy) is 2. The van der Waals surface area contributed by atoms with Crippen LogP contribution in [-0.2, 0) is 5.33 Å². The summed E-state index contributed by atoms with van der Waals surface area (Å²) in [7, 11) is 0. The van der Waals surface area contributed by atoms with Crippen molar-refractivity contribution in [2.24, 2.45) is 0 Å². The largest absolute Gasteiger partial charge is 0.448 e. The fraction of sp³-hybridized carbons (Fsp3) is 0.571. The molecule has 1 saturated carbocycles. The average molecular weight is 297 g/mol. The van der Waals surface area contributed by atoms with Gasteiger partial charge >= 0.3 is 0 Å². The summed E-state index contributed by atoms with van der Waals surface area (Å²) in [6.45, 7) is 0. The normalized spacial score (nSPS) is 21.5. The van der Waals surface area contributed by atoms with Gasteiger partial charge in [0, 0.05) is 18.2 Å². The highest BCUT2D eigenvalue weighted by atomic mass is 79.9. The molecule has 1 aliphatic carbocycles. The maximum Gasteiger partial charge on any atom is 0.251 e. The molecule has 0 amide bonds. The predicted molar refractivity (Wildman–Crippen MR) is 70.8 cm³/mol. The highest BCUT2D eigenvalue weighted by Crippen LogP contribution is 2.45. The summed E-state index contributed by atoms with van der Waals surface area (Å²) >= 11 is 3.47. The first-order chi connectivity index (χ1) is 8.31. The molecule has 17 heavy (non-hydrogen) atoms. The number of fused-ring (bicyclic) bond motifs is 1. The van der Waals surface area contributed by atoms with Crippen LogP contribution in [0.25, 0.3) is 0 Å². The Kier molecular flexibility index (Phi) is 3.03. The lowest BCUT2D eigenvalue weighted by Crippen LogP contribution is -2.37. The van der Waals surface area contributed by atoms with Crippen LogP contribution >= 0.6 is 15.9 Å². The summed E-state index contributed by atoms with van der Waals surface area (Å²) in [5.41, 5.74) is 1.23. The van der Waals surface area contributed by atoms with Crippen molar-refractivity contribution in [1.29, 1.82) is 0 Å². The van der Waals surface area contributed by atoms with E-state index in [1.807, 2.05) is 6.07 Å². The first-order valence-corrected chi connectivity index (χ1v) is 7.50. The van der Waals surface area contributed by atoms with E-state index in [9.17, 15) is 0 Å². The van der Waals surface area contributed by atoms with Crippen molar-refractivity contribution in [2.75, 3.05) is 0 Å². The molecular formula is C14H17BrO2. The van der Waals surface area contributed by atoms with E-state index in [-0.39, 0.29) is 5.79 Å². The van der Waals surface area contributed by atoms with E-state index in [1.54, 1.807) is 0 Å². The van der Waals surface area contributed by atoms with E-state index in [1.165, 1.54) is 31.2 Å². The number of alkyl halides is 1. The Bertz CT molecular complexity index is 409. The average Bonchev–Trinajstić information content (AvgIpc) is 2.54. The van der Waals surface area contributed by atoms with Crippen LogP contribution in [0.3, 0.4) is 0 Å². The number of halogens is 1. The molecule has 1 aromatic rings. The zero-order chi connectivity index (χ0) is 11.7. The Labute approximate surface area is 110 Å². The zero-order valence-corrected chi connectivity index (χ0v) is 11.5. The minimum absolute atomic E-state index is 0.357. The van der Waals surface area contributed by atoms with Gasteiger partial charge in [-0.2, -0.15) is 0 Å². The van der Waals surface area contributed by atoms with Crippen LogP contribution in [0.5, 0.6) is 11.5 Å². The van der Waals surface area contributed by atoms with Gasteiger partial charge in [-0.25, -0.2) is 0 Å². The highest BCUT2D eigenvalue weighted by molar-refractivity contribution is 9.08. The van der Waals surface area contributed by atoms with Gasteiger partial charge in [-0.3, -0.25) is 0 Å². The van der Waals surface area contributed by atoms with Gasteiger partial charge in [-0.05, 0) is 30.5 Å². The van der Waals surface area contributed by atoms with Gasteiger partial charge in [0.1, 0.15) is 0 Å². The fourth-order valence-electron chi connectivity index (χ4n) is 2.69. The molecule has 0 bridgehead atoms. The molecule has 0 unspecified atom stereocenters. The molecule has 0 aromatic heterocycles. The van der Waals surface area contributed by atoms with Crippen LogP contribution in [0.15, 0.2) is 18.2 Å². The van der Waals surface area contributed by atoms with Crippen LogP contribution in [0, 0.1) is 0 Å². The van der Waals surface area contributed by atoms with E-state index >= 15 is 0 Å². The van der Waals surface area contributed by atoms with Crippen LogP contribution < -0.4 is 9.47 Å². The Morgan fingerprint density at radius 2 is 1.71 bits per heavy atom. The van der Waals surface area contributed by atoms with Crippen LogP contribution in [-0.4, -0.2) is 5.79 Å². The smallest absolute Gasteiger partial charge is 0.251 e. The van der Waals surface area contributed by atoms with Gasteiger partial charge in [0.2, 0.25) is 0 Å². The van der Waals surface area contributed by atoms with Gasteiger partial charge in [0.25, 0.3) is 5.79 Å². The molecule has 1 aliphatic heterocycles. The second-order valence-corrected chi connectivity index (χ2v) is 5.50. The van der Waals surface area contributed by atoms with Crippen LogP contribution in [0.2, 0.25) is 0 Å². The molecule has 1 aromatic carbocycles. The van der Waals surface area contributed by atoms with Gasteiger partial charge < -0.3 is 9.47 Å². The summed E-state index contributed by atoms with van der Waals surface area (Å²) in [6, 6.07) is 6.21. The van der Waals surface area contributed by atoms with Crippen molar-refractivity contribution in [3.05, 3.63) is 23.8 Å². The topological polar surface area (TPSA) is 18.5 Å². The maximum absolute atomic E-state index is 6.11. The molecule has 3 rings (SSSR count). The van der Waals surface area contributed by atoms with E-state index in [2.05, 4.69) is 28.1 Å². The van der Waals surface area contributed by atoms with E-state index < -0.39 is 0 Å². The highest BCUT2D eigenvalue weighted by Gasteiger charge is 2.41. The molecule has 0 atom stereocenters. The van der Waals surface area contributed by atoms with Gasteiger partial charge in [0.15, 0.2) is 11.5 Å². The van der Waals surface area contributed by atoms with Crippen molar-refractivity contribution < 1.29 is 9.47 Å². The lowest BCUT2D eigenvalue weighted by atomic mass is 10.1. The molecular weight excluding hydrogens is 280 g/mol. The van der Waals surface area contributed by atoms with Crippen molar-refractivity contribution in [1.82, 2.24) is 0 Å². The summed E-state index contributed by atoms with van der Waals surface area (Å²) in [4.78, 5) is 0. The molecule has 0 N–H and O–H groups in total. The van der Waals surface area contributed by atoms with Crippen molar-refractivity contribution in [2.45, 2.75) is 49.6 Å². The van der Waals surface area contributed by atoms with Gasteiger partial charge in [-0.15, -0.1) is 0 Å².